The number of halogens is 1. The highest BCUT2D eigenvalue weighted by Gasteiger charge is 2.24. The van der Waals surface area contributed by atoms with Gasteiger partial charge in [0.1, 0.15) is 5.02 Å². The van der Waals surface area contributed by atoms with Gasteiger partial charge in [-0.25, -0.2) is 4.98 Å². The molecule has 0 unspecified atom stereocenters. The van der Waals surface area contributed by atoms with E-state index in [-0.39, 0.29) is 18.4 Å². The molecule has 7 heteroatoms. The van der Waals surface area contributed by atoms with Crippen molar-refractivity contribution in [2.24, 2.45) is 0 Å². The van der Waals surface area contributed by atoms with Crippen LogP contribution in [0.1, 0.15) is 12.8 Å². The lowest BCUT2D eigenvalue weighted by molar-refractivity contribution is -0.119. The Morgan fingerprint density at radius 3 is 3.06 bits per heavy atom. The summed E-state index contributed by atoms with van der Waals surface area (Å²) in [4.78, 5) is 21.0. The molecular formula is C10H14ClN5O. The molecule has 0 radical (unpaired) electrons. The van der Waals surface area contributed by atoms with Gasteiger partial charge >= 0.3 is 0 Å². The second-order valence-electron chi connectivity index (χ2n) is 4.10. The molecule has 1 aliphatic rings. The van der Waals surface area contributed by atoms with Crippen LogP contribution in [0.3, 0.4) is 0 Å². The van der Waals surface area contributed by atoms with Gasteiger partial charge in [-0.3, -0.25) is 4.79 Å². The first kappa shape index (κ1) is 11.9. The maximum atomic E-state index is 11.6. The van der Waals surface area contributed by atoms with Crippen molar-refractivity contribution in [3.8, 4) is 0 Å². The third-order valence-corrected chi connectivity index (χ3v) is 2.70. The predicted molar refractivity (Wildman–Crippen MR) is 65.9 cm³/mol. The van der Waals surface area contributed by atoms with Crippen LogP contribution in [0.4, 0.5) is 11.8 Å². The molecule has 0 spiro atoms. The maximum Gasteiger partial charge on any atom is 0.239 e. The molecule has 92 valence electrons. The van der Waals surface area contributed by atoms with Gasteiger partial charge in [0.15, 0.2) is 5.82 Å². The number of hydrogen-bond donors (Lipinski definition) is 2. The van der Waals surface area contributed by atoms with E-state index in [4.69, 9.17) is 17.3 Å². The number of nitrogens with zero attached hydrogens (tertiary/aromatic N) is 3. The van der Waals surface area contributed by atoms with Crippen molar-refractivity contribution in [2.45, 2.75) is 18.9 Å². The van der Waals surface area contributed by atoms with Crippen LogP contribution in [0.5, 0.6) is 0 Å². The number of carbonyl (C=O) groups excluding carboxylic acids is 1. The average Bonchev–Trinajstić information content (AvgIpc) is 3.05. The van der Waals surface area contributed by atoms with Crippen LogP contribution in [-0.2, 0) is 4.79 Å². The van der Waals surface area contributed by atoms with Crippen molar-refractivity contribution in [1.29, 1.82) is 0 Å². The minimum atomic E-state index is -0.0387. The van der Waals surface area contributed by atoms with Crippen molar-refractivity contribution < 1.29 is 4.79 Å². The molecule has 2 rings (SSSR count). The van der Waals surface area contributed by atoms with E-state index in [2.05, 4.69) is 15.3 Å². The normalized spacial score (nSPS) is 14.5. The molecule has 1 heterocycles. The first-order valence-corrected chi connectivity index (χ1v) is 5.72. The van der Waals surface area contributed by atoms with Gasteiger partial charge in [0.05, 0.1) is 12.7 Å². The molecule has 1 aliphatic carbocycles. The molecule has 0 bridgehead atoms. The number of anilines is 2. The third-order valence-electron chi connectivity index (χ3n) is 2.43. The van der Waals surface area contributed by atoms with Gasteiger partial charge < -0.3 is 16.0 Å². The minimum Gasteiger partial charge on any atom is -0.368 e. The minimum absolute atomic E-state index is 0.0387. The molecular weight excluding hydrogens is 242 g/mol. The zero-order valence-electron chi connectivity index (χ0n) is 9.48. The number of carbonyl (C=O) groups is 1. The molecule has 0 aromatic carbocycles. The molecule has 0 atom stereocenters. The van der Waals surface area contributed by atoms with Crippen molar-refractivity contribution in [3.05, 3.63) is 11.2 Å². The maximum absolute atomic E-state index is 11.6. The number of rotatable bonds is 4. The Hall–Kier alpha value is -1.56. The third kappa shape index (κ3) is 3.20. The topological polar surface area (TPSA) is 84.1 Å². The second kappa shape index (κ2) is 4.75. The summed E-state index contributed by atoms with van der Waals surface area (Å²) in [6.45, 7) is 0.201. The summed E-state index contributed by atoms with van der Waals surface area (Å²) in [7, 11) is 1.74. The van der Waals surface area contributed by atoms with Gasteiger partial charge in [-0.1, -0.05) is 11.6 Å². The zero-order chi connectivity index (χ0) is 12.4. The van der Waals surface area contributed by atoms with E-state index >= 15 is 0 Å². The van der Waals surface area contributed by atoms with E-state index in [9.17, 15) is 4.79 Å². The highest BCUT2D eigenvalue weighted by Crippen LogP contribution is 2.22. The number of amides is 1. The van der Waals surface area contributed by atoms with Crippen LogP contribution in [0.25, 0.3) is 0 Å². The predicted octanol–water partition coefficient (Wildman–Crippen LogP) is 0.427. The SMILES string of the molecule is CN(CC(=O)NC1CC1)c1nc(N)ncc1Cl. The van der Waals surface area contributed by atoms with Crippen LogP contribution < -0.4 is 16.0 Å². The van der Waals surface area contributed by atoms with E-state index in [1.54, 1.807) is 11.9 Å². The number of nitrogens with one attached hydrogen (secondary N) is 1. The van der Waals surface area contributed by atoms with E-state index in [1.807, 2.05) is 0 Å². The Labute approximate surface area is 104 Å². The Morgan fingerprint density at radius 2 is 2.41 bits per heavy atom. The Bertz CT molecular complexity index is 435. The van der Waals surface area contributed by atoms with Crippen LogP contribution in [0.15, 0.2) is 6.20 Å². The van der Waals surface area contributed by atoms with Gasteiger partial charge in [0, 0.05) is 13.1 Å². The molecule has 0 saturated heterocycles. The van der Waals surface area contributed by atoms with E-state index in [0.717, 1.165) is 12.8 Å². The monoisotopic (exact) mass is 255 g/mol. The molecule has 1 fully saturated rings. The van der Waals surface area contributed by atoms with E-state index in [0.29, 0.717) is 16.9 Å². The van der Waals surface area contributed by atoms with Crippen LogP contribution in [0.2, 0.25) is 5.02 Å². The quantitative estimate of drug-likeness (QED) is 0.815. The van der Waals surface area contributed by atoms with Gasteiger partial charge in [-0.15, -0.1) is 0 Å². The molecule has 17 heavy (non-hydrogen) atoms. The van der Waals surface area contributed by atoms with Gasteiger partial charge in [0.2, 0.25) is 11.9 Å². The zero-order valence-corrected chi connectivity index (χ0v) is 10.2. The number of aromatic nitrogens is 2. The first-order valence-electron chi connectivity index (χ1n) is 5.35. The first-order chi connectivity index (χ1) is 8.06. The molecule has 1 saturated carbocycles. The fraction of sp³-hybridized carbons (Fsp3) is 0.500. The van der Waals surface area contributed by atoms with E-state index in [1.165, 1.54) is 6.20 Å². The number of nitrogens with two attached hydrogens (primary N) is 1. The van der Waals surface area contributed by atoms with E-state index < -0.39 is 0 Å². The Balaban J connectivity index is 1.99. The smallest absolute Gasteiger partial charge is 0.239 e. The molecule has 1 aromatic heterocycles. The summed E-state index contributed by atoms with van der Waals surface area (Å²) in [5, 5.41) is 3.27. The summed E-state index contributed by atoms with van der Waals surface area (Å²) < 4.78 is 0. The molecule has 1 aromatic rings. The van der Waals surface area contributed by atoms with Crippen LogP contribution >= 0.6 is 11.6 Å². The standard InChI is InChI=1S/C10H14ClN5O/c1-16(5-8(17)14-6-2-3-6)9-7(11)4-13-10(12)15-9/h4,6H,2-3,5H2,1H3,(H,14,17)(H2,12,13,15). The summed E-state index contributed by atoms with van der Waals surface area (Å²) in [5.74, 6) is 0.562. The fourth-order valence-corrected chi connectivity index (χ4v) is 1.67. The highest BCUT2D eigenvalue weighted by atomic mass is 35.5. The molecule has 6 nitrogen and oxygen atoms in total. The molecule has 1 amide bonds. The van der Waals surface area contributed by atoms with Gasteiger partial charge in [-0.2, -0.15) is 4.98 Å². The molecule has 3 N–H and O–H groups in total. The number of hydrogen-bond acceptors (Lipinski definition) is 5. The van der Waals surface area contributed by atoms with Crippen molar-refractivity contribution in [2.75, 3.05) is 24.2 Å². The fourth-order valence-electron chi connectivity index (χ4n) is 1.43. The lowest BCUT2D eigenvalue weighted by Crippen LogP contribution is -2.36. The lowest BCUT2D eigenvalue weighted by atomic mass is 10.4. The second-order valence-corrected chi connectivity index (χ2v) is 4.50. The molecule has 0 aliphatic heterocycles. The highest BCUT2D eigenvalue weighted by molar-refractivity contribution is 6.32. The Morgan fingerprint density at radius 1 is 1.71 bits per heavy atom. The summed E-state index contributed by atoms with van der Waals surface area (Å²) in [6, 6.07) is 0.349. The summed E-state index contributed by atoms with van der Waals surface area (Å²) in [5.41, 5.74) is 5.48. The summed E-state index contributed by atoms with van der Waals surface area (Å²) in [6.07, 6.45) is 3.56. The average molecular weight is 256 g/mol. The van der Waals surface area contributed by atoms with Crippen molar-refractivity contribution in [1.82, 2.24) is 15.3 Å². The Kier molecular flexibility index (Phi) is 3.33. The van der Waals surface area contributed by atoms with Crippen molar-refractivity contribution >= 4 is 29.3 Å². The number of likely N-dealkylation sites (N-methyl/N-ethyl adjacent to an activating group) is 1. The van der Waals surface area contributed by atoms with Gasteiger partial charge in [-0.05, 0) is 12.8 Å². The van der Waals surface area contributed by atoms with Crippen molar-refractivity contribution in [3.63, 3.8) is 0 Å². The van der Waals surface area contributed by atoms with Crippen LogP contribution in [0, 0.1) is 0 Å². The lowest BCUT2D eigenvalue weighted by Gasteiger charge is -2.18. The van der Waals surface area contributed by atoms with Crippen LogP contribution in [-0.4, -0.2) is 35.5 Å². The summed E-state index contributed by atoms with van der Waals surface area (Å²) >= 11 is 5.94. The van der Waals surface area contributed by atoms with Gasteiger partial charge in [0.25, 0.3) is 0 Å². The number of nitrogen functional groups attached to an aromatic ring is 1. The largest absolute Gasteiger partial charge is 0.368 e.